The Balaban J connectivity index is 1.93. The third-order valence-corrected chi connectivity index (χ3v) is 7.20. The summed E-state index contributed by atoms with van der Waals surface area (Å²) in [6.07, 6.45) is 0.723. The van der Waals surface area contributed by atoms with Crippen molar-refractivity contribution in [2.75, 3.05) is 13.1 Å². The monoisotopic (exact) mass is 559 g/mol. The Morgan fingerprint density at radius 2 is 1.85 bits per heavy atom. The summed E-state index contributed by atoms with van der Waals surface area (Å²) in [5.74, 6) is -0.697. The summed E-state index contributed by atoms with van der Waals surface area (Å²) in [7, 11) is 0. The molecular formula is C32H31ClFN3O3. The lowest BCUT2D eigenvalue weighted by Crippen LogP contribution is -2.40. The van der Waals surface area contributed by atoms with Crippen LogP contribution < -0.4 is 11.2 Å². The van der Waals surface area contributed by atoms with Gasteiger partial charge in [0.2, 0.25) is 0 Å². The highest BCUT2D eigenvalue weighted by molar-refractivity contribution is 6.31. The van der Waals surface area contributed by atoms with Gasteiger partial charge in [0.25, 0.3) is 5.91 Å². The zero-order valence-electron chi connectivity index (χ0n) is 22.7. The van der Waals surface area contributed by atoms with Crippen LogP contribution in [0.5, 0.6) is 0 Å². The summed E-state index contributed by atoms with van der Waals surface area (Å²) in [5.41, 5.74) is 8.28. The number of fused-ring (bicyclic) bond motifs is 1. The quantitative estimate of drug-likeness (QED) is 0.251. The molecule has 0 aliphatic heterocycles. The molecule has 4 aromatic rings. The maximum atomic E-state index is 14.5. The van der Waals surface area contributed by atoms with E-state index in [0.717, 1.165) is 5.56 Å². The Morgan fingerprint density at radius 3 is 2.48 bits per heavy atom. The number of carbonyl (C=O) groups excluding carboxylic acids is 1. The van der Waals surface area contributed by atoms with Crippen molar-refractivity contribution < 1.29 is 13.6 Å². The lowest BCUT2D eigenvalue weighted by atomic mass is 9.91. The molecule has 0 radical (unpaired) electrons. The summed E-state index contributed by atoms with van der Waals surface area (Å²) < 4.78 is 20.9. The van der Waals surface area contributed by atoms with Crippen LogP contribution >= 0.6 is 11.6 Å². The molecule has 0 aliphatic rings. The second kappa shape index (κ2) is 12.5. The fourth-order valence-corrected chi connectivity index (χ4v) is 5.02. The first-order chi connectivity index (χ1) is 19.1. The summed E-state index contributed by atoms with van der Waals surface area (Å²) in [4.78, 5) is 29.5. The molecule has 1 atom stereocenters. The highest BCUT2D eigenvalue weighted by Crippen LogP contribution is 2.35. The number of hydrogen-bond acceptors (Lipinski definition) is 5. The topological polar surface area (TPSA) is 100 Å². The maximum Gasteiger partial charge on any atom is 0.254 e. The van der Waals surface area contributed by atoms with E-state index in [4.69, 9.17) is 21.8 Å². The van der Waals surface area contributed by atoms with E-state index in [0.29, 0.717) is 51.4 Å². The largest absolute Gasteiger partial charge is 0.458 e. The summed E-state index contributed by atoms with van der Waals surface area (Å²) >= 11 is 6.25. The van der Waals surface area contributed by atoms with Crippen LogP contribution in [0.25, 0.3) is 11.0 Å². The van der Waals surface area contributed by atoms with Gasteiger partial charge in [-0.1, -0.05) is 43.6 Å². The summed E-state index contributed by atoms with van der Waals surface area (Å²) in [5, 5.41) is 9.98. The average Bonchev–Trinajstić information content (AvgIpc) is 2.93. The normalized spacial score (nSPS) is 11.9. The first kappa shape index (κ1) is 29.0. The molecule has 0 saturated carbocycles. The molecule has 1 unspecified atom stereocenters. The van der Waals surface area contributed by atoms with Gasteiger partial charge in [0.1, 0.15) is 17.2 Å². The standard InChI is InChI=1S/C32H31ClFN3O3/c1-19(2)29(37(14-4-13-35)32(39)23-10-5-20(3)27(34)16-23)31-26(15-21-6-8-22(18-36)9-7-21)30(38)25-12-11-24(33)17-28(25)40-31/h5-12,16-17,19,29H,4,13-15,35H2,1-3H3. The zero-order chi connectivity index (χ0) is 29.0. The molecule has 0 spiro atoms. The van der Waals surface area contributed by atoms with Gasteiger partial charge in [-0.05, 0) is 73.3 Å². The number of benzene rings is 3. The van der Waals surface area contributed by atoms with E-state index in [1.165, 1.54) is 6.07 Å². The number of nitrogens with zero attached hydrogens (tertiary/aromatic N) is 2. The molecule has 3 aromatic carbocycles. The molecule has 1 aromatic heterocycles. The molecule has 0 bridgehead atoms. The molecular weight excluding hydrogens is 529 g/mol. The van der Waals surface area contributed by atoms with Crippen LogP contribution in [-0.4, -0.2) is 23.9 Å². The van der Waals surface area contributed by atoms with Crippen molar-refractivity contribution in [3.8, 4) is 6.07 Å². The highest BCUT2D eigenvalue weighted by atomic mass is 35.5. The Labute approximate surface area is 237 Å². The van der Waals surface area contributed by atoms with E-state index in [1.807, 2.05) is 13.8 Å². The van der Waals surface area contributed by atoms with E-state index in [2.05, 4.69) is 6.07 Å². The zero-order valence-corrected chi connectivity index (χ0v) is 23.5. The summed E-state index contributed by atoms with van der Waals surface area (Å²) in [6, 6.07) is 17.7. The first-order valence-corrected chi connectivity index (χ1v) is 13.5. The van der Waals surface area contributed by atoms with Crippen molar-refractivity contribution in [3.05, 3.63) is 115 Å². The molecule has 206 valence electrons. The molecule has 0 saturated heterocycles. The molecule has 0 aliphatic carbocycles. The predicted molar refractivity (Wildman–Crippen MR) is 155 cm³/mol. The number of halogens is 2. The van der Waals surface area contributed by atoms with Crippen LogP contribution in [0.15, 0.2) is 69.9 Å². The Kier molecular flexibility index (Phi) is 9.03. The first-order valence-electron chi connectivity index (χ1n) is 13.2. The molecule has 0 fully saturated rings. The molecule has 6 nitrogen and oxygen atoms in total. The number of carbonyl (C=O) groups is 1. The average molecular weight is 560 g/mol. The van der Waals surface area contributed by atoms with Crippen molar-refractivity contribution in [1.29, 1.82) is 5.26 Å². The number of aryl methyl sites for hydroxylation is 1. The lowest BCUT2D eigenvalue weighted by molar-refractivity contribution is 0.0587. The van der Waals surface area contributed by atoms with Crippen LogP contribution in [0, 0.1) is 30.0 Å². The molecule has 40 heavy (non-hydrogen) atoms. The van der Waals surface area contributed by atoms with Gasteiger partial charge in [0, 0.05) is 35.2 Å². The van der Waals surface area contributed by atoms with Crippen molar-refractivity contribution in [2.24, 2.45) is 11.7 Å². The SMILES string of the molecule is Cc1ccc(C(=O)N(CCCN)C(c2oc3cc(Cl)ccc3c(=O)c2Cc2ccc(C#N)cc2)C(C)C)cc1F. The Bertz CT molecular complexity index is 1640. The van der Waals surface area contributed by atoms with Gasteiger partial charge in [0.15, 0.2) is 5.43 Å². The van der Waals surface area contributed by atoms with Crippen molar-refractivity contribution in [3.63, 3.8) is 0 Å². The third-order valence-electron chi connectivity index (χ3n) is 6.96. The summed E-state index contributed by atoms with van der Waals surface area (Å²) in [6.45, 7) is 6.14. The lowest BCUT2D eigenvalue weighted by Gasteiger charge is -2.35. The fourth-order valence-electron chi connectivity index (χ4n) is 4.85. The minimum atomic E-state index is -0.659. The van der Waals surface area contributed by atoms with Crippen LogP contribution in [0.2, 0.25) is 5.02 Å². The van der Waals surface area contributed by atoms with Gasteiger partial charge in [-0.25, -0.2) is 4.39 Å². The number of nitriles is 1. The van der Waals surface area contributed by atoms with E-state index in [9.17, 15) is 19.2 Å². The van der Waals surface area contributed by atoms with Crippen LogP contribution in [-0.2, 0) is 6.42 Å². The van der Waals surface area contributed by atoms with E-state index >= 15 is 0 Å². The van der Waals surface area contributed by atoms with Gasteiger partial charge in [-0.2, -0.15) is 5.26 Å². The van der Waals surface area contributed by atoms with Crippen LogP contribution in [0.3, 0.4) is 0 Å². The van der Waals surface area contributed by atoms with E-state index in [1.54, 1.807) is 66.4 Å². The number of hydrogen-bond donors (Lipinski definition) is 1. The smallest absolute Gasteiger partial charge is 0.254 e. The maximum absolute atomic E-state index is 14.5. The van der Waals surface area contributed by atoms with Crippen LogP contribution in [0.1, 0.15) is 64.7 Å². The van der Waals surface area contributed by atoms with Gasteiger partial charge >= 0.3 is 0 Å². The van der Waals surface area contributed by atoms with Crippen molar-refractivity contribution >= 4 is 28.5 Å². The van der Waals surface area contributed by atoms with Crippen molar-refractivity contribution in [1.82, 2.24) is 4.90 Å². The van der Waals surface area contributed by atoms with Gasteiger partial charge in [-0.3, -0.25) is 9.59 Å². The van der Waals surface area contributed by atoms with Crippen molar-refractivity contribution in [2.45, 2.75) is 39.7 Å². The number of nitrogens with two attached hydrogens (primary N) is 1. The minimum absolute atomic E-state index is 0.184. The molecule has 1 heterocycles. The predicted octanol–water partition coefficient (Wildman–Crippen LogP) is 6.54. The Morgan fingerprint density at radius 1 is 1.12 bits per heavy atom. The van der Waals surface area contributed by atoms with E-state index in [-0.39, 0.29) is 35.8 Å². The minimum Gasteiger partial charge on any atom is -0.458 e. The highest BCUT2D eigenvalue weighted by Gasteiger charge is 2.34. The number of amides is 1. The van der Waals surface area contributed by atoms with E-state index < -0.39 is 11.9 Å². The number of rotatable bonds is 9. The second-order valence-corrected chi connectivity index (χ2v) is 10.6. The third kappa shape index (κ3) is 6.09. The second-order valence-electron chi connectivity index (χ2n) is 10.2. The molecule has 2 N–H and O–H groups in total. The molecule has 8 heteroatoms. The van der Waals surface area contributed by atoms with Gasteiger partial charge < -0.3 is 15.1 Å². The molecule has 1 amide bonds. The van der Waals surface area contributed by atoms with Gasteiger partial charge in [0.05, 0.1) is 23.1 Å². The van der Waals surface area contributed by atoms with Gasteiger partial charge in [-0.15, -0.1) is 0 Å². The Hall–Kier alpha value is -3.99. The fraction of sp³-hybridized carbons (Fsp3) is 0.281. The molecule has 4 rings (SSSR count). The van der Waals surface area contributed by atoms with Crippen LogP contribution in [0.4, 0.5) is 4.39 Å².